The Morgan fingerprint density at radius 3 is 2.50 bits per heavy atom. The summed E-state index contributed by atoms with van der Waals surface area (Å²) in [4.78, 5) is 4.59. The predicted octanol–water partition coefficient (Wildman–Crippen LogP) is 4.62. The molecule has 18 heavy (non-hydrogen) atoms. The van der Waals surface area contributed by atoms with E-state index in [1.165, 1.54) is 0 Å². The standard InChI is InChI=1S/C14H10Cl2N2/c1-9-17-14(13-4-2-3-5-18(9)13)10-6-11(15)8-12(16)7-10/h2-8H,1H3. The van der Waals surface area contributed by atoms with Gasteiger partial charge in [0.25, 0.3) is 0 Å². The highest BCUT2D eigenvalue weighted by Gasteiger charge is 2.10. The lowest BCUT2D eigenvalue weighted by atomic mass is 10.1. The smallest absolute Gasteiger partial charge is 0.110 e. The van der Waals surface area contributed by atoms with Crippen LogP contribution in [0.3, 0.4) is 0 Å². The Bertz CT molecular complexity index is 711. The number of hydrogen-bond donors (Lipinski definition) is 0. The summed E-state index contributed by atoms with van der Waals surface area (Å²) in [6.45, 7) is 1.97. The predicted molar refractivity (Wildman–Crippen MR) is 75.4 cm³/mol. The molecular weight excluding hydrogens is 267 g/mol. The molecule has 0 N–H and O–H groups in total. The van der Waals surface area contributed by atoms with Crippen molar-refractivity contribution in [3.05, 3.63) is 58.5 Å². The zero-order valence-corrected chi connectivity index (χ0v) is 11.2. The lowest BCUT2D eigenvalue weighted by molar-refractivity contribution is 1.05. The van der Waals surface area contributed by atoms with Crippen LogP contribution in [0.25, 0.3) is 16.8 Å². The van der Waals surface area contributed by atoms with Gasteiger partial charge in [-0.2, -0.15) is 0 Å². The van der Waals surface area contributed by atoms with Gasteiger partial charge in [-0.3, -0.25) is 0 Å². The van der Waals surface area contributed by atoms with Gasteiger partial charge in [-0.1, -0.05) is 29.3 Å². The molecule has 0 saturated carbocycles. The highest BCUT2D eigenvalue weighted by atomic mass is 35.5. The summed E-state index contributed by atoms with van der Waals surface area (Å²) in [6, 6.07) is 11.5. The SMILES string of the molecule is Cc1nc(-c2cc(Cl)cc(Cl)c2)c2ccccn12. The van der Waals surface area contributed by atoms with Gasteiger partial charge in [-0.05, 0) is 37.3 Å². The molecule has 0 bridgehead atoms. The van der Waals surface area contributed by atoms with E-state index in [0.29, 0.717) is 10.0 Å². The van der Waals surface area contributed by atoms with Crippen LogP contribution in [-0.2, 0) is 0 Å². The Morgan fingerprint density at radius 1 is 1.06 bits per heavy atom. The third-order valence-corrected chi connectivity index (χ3v) is 3.30. The summed E-state index contributed by atoms with van der Waals surface area (Å²) >= 11 is 12.1. The average molecular weight is 277 g/mol. The van der Waals surface area contributed by atoms with Crippen molar-refractivity contribution in [2.45, 2.75) is 6.92 Å². The van der Waals surface area contributed by atoms with Crippen molar-refractivity contribution >= 4 is 28.7 Å². The summed E-state index contributed by atoms with van der Waals surface area (Å²) in [6.07, 6.45) is 1.99. The Hall–Kier alpha value is -1.51. The molecular formula is C14H10Cl2N2. The summed E-state index contributed by atoms with van der Waals surface area (Å²) < 4.78 is 2.05. The summed E-state index contributed by atoms with van der Waals surface area (Å²) in [5, 5.41) is 1.24. The van der Waals surface area contributed by atoms with E-state index in [0.717, 1.165) is 22.6 Å². The van der Waals surface area contributed by atoms with E-state index in [2.05, 4.69) is 4.98 Å². The summed E-state index contributed by atoms with van der Waals surface area (Å²) in [5.41, 5.74) is 2.88. The number of imidazole rings is 1. The molecule has 0 aliphatic carbocycles. The van der Waals surface area contributed by atoms with Crippen LogP contribution in [0, 0.1) is 6.92 Å². The molecule has 0 aliphatic heterocycles. The van der Waals surface area contributed by atoms with Crippen LogP contribution in [0.15, 0.2) is 42.6 Å². The Morgan fingerprint density at radius 2 is 1.78 bits per heavy atom. The zero-order valence-electron chi connectivity index (χ0n) is 9.69. The van der Waals surface area contributed by atoms with Gasteiger partial charge < -0.3 is 4.40 Å². The second-order valence-corrected chi connectivity index (χ2v) is 4.99. The molecule has 90 valence electrons. The minimum absolute atomic E-state index is 0.618. The first-order valence-electron chi connectivity index (χ1n) is 5.55. The molecule has 2 aromatic heterocycles. The molecule has 0 radical (unpaired) electrons. The molecule has 4 heteroatoms. The fourth-order valence-electron chi connectivity index (χ4n) is 2.09. The van der Waals surface area contributed by atoms with E-state index in [4.69, 9.17) is 23.2 Å². The van der Waals surface area contributed by atoms with Crippen molar-refractivity contribution in [3.8, 4) is 11.3 Å². The summed E-state index contributed by atoms with van der Waals surface area (Å²) in [7, 11) is 0. The molecule has 0 unspecified atom stereocenters. The lowest BCUT2D eigenvalue weighted by Gasteiger charge is -2.01. The Balaban J connectivity index is 2.31. The second-order valence-electron chi connectivity index (χ2n) is 4.12. The van der Waals surface area contributed by atoms with E-state index in [1.54, 1.807) is 6.07 Å². The maximum absolute atomic E-state index is 6.04. The van der Waals surface area contributed by atoms with Crippen LogP contribution in [0.5, 0.6) is 0 Å². The average Bonchev–Trinajstić information content (AvgIpc) is 2.66. The molecule has 0 amide bonds. The number of fused-ring (bicyclic) bond motifs is 1. The normalized spacial score (nSPS) is 11.1. The molecule has 0 aliphatic rings. The van der Waals surface area contributed by atoms with E-state index < -0.39 is 0 Å². The van der Waals surface area contributed by atoms with Gasteiger partial charge in [0.2, 0.25) is 0 Å². The number of pyridine rings is 1. The van der Waals surface area contributed by atoms with Crippen molar-refractivity contribution in [1.29, 1.82) is 0 Å². The number of nitrogens with zero attached hydrogens (tertiary/aromatic N) is 2. The molecule has 0 spiro atoms. The van der Waals surface area contributed by atoms with Gasteiger partial charge in [0, 0.05) is 21.8 Å². The molecule has 2 nitrogen and oxygen atoms in total. The molecule has 0 atom stereocenters. The van der Waals surface area contributed by atoms with Crippen molar-refractivity contribution in [2.24, 2.45) is 0 Å². The van der Waals surface area contributed by atoms with Crippen molar-refractivity contribution in [1.82, 2.24) is 9.38 Å². The minimum Gasteiger partial charge on any atom is -0.303 e. The van der Waals surface area contributed by atoms with Crippen LogP contribution in [0.2, 0.25) is 10.0 Å². The topological polar surface area (TPSA) is 17.3 Å². The third kappa shape index (κ3) is 1.88. The number of aromatic nitrogens is 2. The van der Waals surface area contributed by atoms with Crippen LogP contribution >= 0.6 is 23.2 Å². The van der Waals surface area contributed by atoms with Crippen LogP contribution < -0.4 is 0 Å². The van der Waals surface area contributed by atoms with Gasteiger partial charge in [0.15, 0.2) is 0 Å². The van der Waals surface area contributed by atoms with Gasteiger partial charge in [0.1, 0.15) is 5.82 Å². The van der Waals surface area contributed by atoms with E-state index in [9.17, 15) is 0 Å². The number of halogens is 2. The van der Waals surface area contributed by atoms with Gasteiger partial charge >= 0.3 is 0 Å². The second kappa shape index (κ2) is 4.30. The number of rotatable bonds is 1. The van der Waals surface area contributed by atoms with Crippen LogP contribution in [-0.4, -0.2) is 9.38 Å². The van der Waals surface area contributed by atoms with E-state index in [-0.39, 0.29) is 0 Å². The number of aryl methyl sites for hydroxylation is 1. The molecule has 2 heterocycles. The lowest BCUT2D eigenvalue weighted by Crippen LogP contribution is -1.84. The van der Waals surface area contributed by atoms with Crippen molar-refractivity contribution in [3.63, 3.8) is 0 Å². The Kier molecular flexibility index (Phi) is 2.77. The molecule has 1 aromatic carbocycles. The van der Waals surface area contributed by atoms with Crippen molar-refractivity contribution in [2.75, 3.05) is 0 Å². The fraction of sp³-hybridized carbons (Fsp3) is 0.0714. The monoisotopic (exact) mass is 276 g/mol. The largest absolute Gasteiger partial charge is 0.303 e. The maximum atomic E-state index is 6.04. The molecule has 3 rings (SSSR count). The maximum Gasteiger partial charge on any atom is 0.110 e. The first-order valence-corrected chi connectivity index (χ1v) is 6.31. The highest BCUT2D eigenvalue weighted by Crippen LogP contribution is 2.29. The van der Waals surface area contributed by atoms with E-state index >= 15 is 0 Å². The number of benzene rings is 1. The molecule has 0 fully saturated rings. The first kappa shape index (κ1) is 11.6. The molecule has 3 aromatic rings. The zero-order chi connectivity index (χ0) is 12.7. The minimum atomic E-state index is 0.618. The molecule has 0 saturated heterocycles. The van der Waals surface area contributed by atoms with Gasteiger partial charge in [-0.15, -0.1) is 0 Å². The van der Waals surface area contributed by atoms with Crippen molar-refractivity contribution < 1.29 is 0 Å². The van der Waals surface area contributed by atoms with Gasteiger partial charge in [0.05, 0.1) is 11.2 Å². The third-order valence-electron chi connectivity index (χ3n) is 2.86. The highest BCUT2D eigenvalue weighted by molar-refractivity contribution is 6.35. The van der Waals surface area contributed by atoms with Crippen LogP contribution in [0.4, 0.5) is 0 Å². The fourth-order valence-corrected chi connectivity index (χ4v) is 2.62. The number of hydrogen-bond acceptors (Lipinski definition) is 1. The summed E-state index contributed by atoms with van der Waals surface area (Å²) in [5.74, 6) is 0.941. The van der Waals surface area contributed by atoms with Crippen LogP contribution in [0.1, 0.15) is 5.82 Å². The Labute approximate surface area is 115 Å². The van der Waals surface area contributed by atoms with E-state index in [1.807, 2.05) is 47.9 Å². The van der Waals surface area contributed by atoms with Gasteiger partial charge in [-0.25, -0.2) is 4.98 Å². The first-order chi connectivity index (χ1) is 8.65. The quantitative estimate of drug-likeness (QED) is 0.634.